The van der Waals surface area contributed by atoms with Gasteiger partial charge in [0.1, 0.15) is 0 Å². The van der Waals surface area contributed by atoms with Crippen molar-refractivity contribution in [2.24, 2.45) is 5.73 Å². The number of hydrogen-bond acceptors (Lipinski definition) is 3. The third kappa shape index (κ3) is 1.56. The summed E-state index contributed by atoms with van der Waals surface area (Å²) < 4.78 is 4.25. The Morgan fingerprint density at radius 3 is 2.88 bits per heavy atom. The van der Waals surface area contributed by atoms with Gasteiger partial charge in [0, 0.05) is 23.0 Å². The number of nitrogens with two attached hydrogens (primary N) is 1. The average molecular weight is 230 g/mol. The molecule has 0 aliphatic heterocycles. The predicted octanol–water partition coefficient (Wildman–Crippen LogP) is 2.49. The second kappa shape index (κ2) is 3.68. The van der Waals surface area contributed by atoms with E-state index >= 15 is 0 Å². The molecule has 0 saturated heterocycles. The average Bonchev–Trinajstić information content (AvgIpc) is 2.77. The minimum absolute atomic E-state index is 0.194. The Labute approximate surface area is 99.3 Å². The molecule has 0 radical (unpaired) electrons. The molecule has 0 spiro atoms. The van der Waals surface area contributed by atoms with Gasteiger partial charge in [-0.2, -0.15) is 0 Å². The molecule has 0 bridgehead atoms. The summed E-state index contributed by atoms with van der Waals surface area (Å²) in [6, 6.07) is 10.4. The van der Waals surface area contributed by atoms with Crippen LogP contribution in [-0.4, -0.2) is 4.37 Å². The van der Waals surface area contributed by atoms with Crippen molar-refractivity contribution < 1.29 is 0 Å². The zero-order valence-electron chi connectivity index (χ0n) is 9.02. The van der Waals surface area contributed by atoms with Gasteiger partial charge in [0.15, 0.2) is 0 Å². The summed E-state index contributed by atoms with van der Waals surface area (Å²) in [6.07, 6.45) is 4.99. The molecular weight excluding hydrogens is 216 g/mol. The largest absolute Gasteiger partial charge is 0.321 e. The molecule has 1 aromatic heterocycles. The van der Waals surface area contributed by atoms with E-state index in [0.717, 1.165) is 19.3 Å². The van der Waals surface area contributed by atoms with Crippen LogP contribution in [0.1, 0.15) is 22.4 Å². The fraction of sp³-hybridized carbons (Fsp3) is 0.308. The summed E-state index contributed by atoms with van der Waals surface area (Å²) in [5.41, 5.74) is 8.97. The molecule has 3 heteroatoms. The van der Waals surface area contributed by atoms with Crippen LogP contribution in [0.4, 0.5) is 0 Å². The second-order valence-electron chi connectivity index (χ2n) is 4.47. The smallest absolute Gasteiger partial charge is 0.0462 e. The van der Waals surface area contributed by atoms with Crippen LogP contribution in [0.5, 0.6) is 0 Å². The van der Waals surface area contributed by atoms with Gasteiger partial charge in [-0.05, 0) is 35.5 Å². The van der Waals surface area contributed by atoms with Crippen LogP contribution in [0.2, 0.25) is 0 Å². The summed E-state index contributed by atoms with van der Waals surface area (Å²) >= 11 is 1.59. The molecule has 1 aromatic carbocycles. The summed E-state index contributed by atoms with van der Waals surface area (Å²) in [5.74, 6) is 0. The number of aromatic nitrogens is 1. The molecule has 0 amide bonds. The molecule has 2 nitrogen and oxygen atoms in total. The van der Waals surface area contributed by atoms with Gasteiger partial charge < -0.3 is 5.73 Å². The van der Waals surface area contributed by atoms with Crippen molar-refractivity contribution in [1.82, 2.24) is 4.37 Å². The van der Waals surface area contributed by atoms with Gasteiger partial charge in [0.25, 0.3) is 0 Å². The van der Waals surface area contributed by atoms with Crippen LogP contribution < -0.4 is 5.73 Å². The van der Waals surface area contributed by atoms with Crippen LogP contribution in [0.15, 0.2) is 36.5 Å². The van der Waals surface area contributed by atoms with E-state index in [9.17, 15) is 0 Å². The minimum atomic E-state index is -0.194. The van der Waals surface area contributed by atoms with Gasteiger partial charge in [0.2, 0.25) is 0 Å². The standard InChI is InChI=1S/C13H14N2S/c14-13(11-4-2-1-3-5-11)7-6-10-9-15-16-12(10)8-13/h1-5,9H,6-8,14H2. The molecule has 2 aromatic rings. The summed E-state index contributed by atoms with van der Waals surface area (Å²) in [5, 5.41) is 0. The minimum Gasteiger partial charge on any atom is -0.321 e. The van der Waals surface area contributed by atoms with E-state index in [4.69, 9.17) is 5.73 Å². The number of aryl methyl sites for hydroxylation is 1. The Morgan fingerprint density at radius 2 is 2.06 bits per heavy atom. The van der Waals surface area contributed by atoms with Gasteiger partial charge >= 0.3 is 0 Å². The number of benzene rings is 1. The quantitative estimate of drug-likeness (QED) is 0.817. The fourth-order valence-electron chi connectivity index (χ4n) is 2.38. The Hall–Kier alpha value is -1.19. The zero-order valence-corrected chi connectivity index (χ0v) is 9.83. The Morgan fingerprint density at radius 1 is 1.25 bits per heavy atom. The van der Waals surface area contributed by atoms with Crippen molar-refractivity contribution in [3.8, 4) is 0 Å². The van der Waals surface area contributed by atoms with Crippen LogP contribution in [-0.2, 0) is 18.4 Å². The van der Waals surface area contributed by atoms with Gasteiger partial charge in [0.05, 0.1) is 0 Å². The maximum atomic E-state index is 6.53. The lowest BCUT2D eigenvalue weighted by atomic mass is 9.78. The molecule has 0 fully saturated rings. The highest BCUT2D eigenvalue weighted by Gasteiger charge is 2.32. The molecule has 1 heterocycles. The molecule has 1 unspecified atom stereocenters. The van der Waals surface area contributed by atoms with Crippen LogP contribution >= 0.6 is 11.5 Å². The first-order valence-electron chi connectivity index (χ1n) is 5.55. The number of hydrogen-bond donors (Lipinski definition) is 1. The Kier molecular flexibility index (Phi) is 2.30. The van der Waals surface area contributed by atoms with E-state index in [0.29, 0.717) is 0 Å². The SMILES string of the molecule is NC1(c2ccccc2)CCc2cnsc2C1. The first-order chi connectivity index (χ1) is 7.78. The van der Waals surface area contributed by atoms with Crippen molar-refractivity contribution in [3.63, 3.8) is 0 Å². The van der Waals surface area contributed by atoms with Gasteiger partial charge in [-0.25, -0.2) is 4.37 Å². The van der Waals surface area contributed by atoms with E-state index in [2.05, 4.69) is 28.6 Å². The molecule has 16 heavy (non-hydrogen) atoms. The topological polar surface area (TPSA) is 38.9 Å². The van der Waals surface area contributed by atoms with Crippen LogP contribution in [0.3, 0.4) is 0 Å². The van der Waals surface area contributed by atoms with Crippen molar-refractivity contribution in [2.45, 2.75) is 24.8 Å². The first-order valence-corrected chi connectivity index (χ1v) is 6.32. The lowest BCUT2D eigenvalue weighted by Gasteiger charge is -2.33. The summed E-state index contributed by atoms with van der Waals surface area (Å²) in [4.78, 5) is 1.36. The van der Waals surface area contributed by atoms with Gasteiger partial charge in [-0.1, -0.05) is 30.3 Å². The Balaban J connectivity index is 1.98. The molecule has 1 atom stereocenters. The molecule has 1 aliphatic carbocycles. The van der Waals surface area contributed by atoms with Gasteiger partial charge in [-0.15, -0.1) is 0 Å². The van der Waals surface area contributed by atoms with Crippen molar-refractivity contribution in [2.75, 3.05) is 0 Å². The maximum Gasteiger partial charge on any atom is 0.0462 e. The van der Waals surface area contributed by atoms with Crippen LogP contribution in [0.25, 0.3) is 0 Å². The van der Waals surface area contributed by atoms with Crippen LogP contribution in [0, 0.1) is 0 Å². The highest BCUT2D eigenvalue weighted by atomic mass is 32.1. The summed E-state index contributed by atoms with van der Waals surface area (Å²) in [6.45, 7) is 0. The summed E-state index contributed by atoms with van der Waals surface area (Å²) in [7, 11) is 0. The van der Waals surface area contributed by atoms with Crippen molar-refractivity contribution in [3.05, 3.63) is 52.5 Å². The molecular formula is C13H14N2S. The molecule has 2 N–H and O–H groups in total. The lowest BCUT2D eigenvalue weighted by molar-refractivity contribution is 0.389. The fourth-order valence-corrected chi connectivity index (χ4v) is 3.28. The van der Waals surface area contributed by atoms with E-state index in [1.807, 2.05) is 12.3 Å². The molecule has 1 aliphatic rings. The third-order valence-corrected chi connectivity index (χ3v) is 4.23. The molecule has 0 saturated carbocycles. The van der Waals surface area contributed by atoms with E-state index in [1.165, 1.54) is 16.0 Å². The number of nitrogens with zero attached hydrogens (tertiary/aromatic N) is 1. The second-order valence-corrected chi connectivity index (χ2v) is 5.36. The monoisotopic (exact) mass is 230 g/mol. The first kappa shape index (κ1) is 10.00. The zero-order chi connectivity index (χ0) is 11.0. The maximum absolute atomic E-state index is 6.53. The number of fused-ring (bicyclic) bond motifs is 1. The Bertz CT molecular complexity index is 492. The van der Waals surface area contributed by atoms with Crippen molar-refractivity contribution in [1.29, 1.82) is 0 Å². The molecule has 3 rings (SSSR count). The molecule has 82 valence electrons. The van der Waals surface area contributed by atoms with Crippen molar-refractivity contribution >= 4 is 11.5 Å². The van der Waals surface area contributed by atoms with E-state index in [1.54, 1.807) is 11.5 Å². The van der Waals surface area contributed by atoms with Gasteiger partial charge in [-0.3, -0.25) is 0 Å². The lowest BCUT2D eigenvalue weighted by Crippen LogP contribution is -2.41. The van der Waals surface area contributed by atoms with E-state index < -0.39 is 0 Å². The predicted molar refractivity (Wildman–Crippen MR) is 66.4 cm³/mol. The number of rotatable bonds is 1. The third-order valence-electron chi connectivity index (χ3n) is 3.39. The highest BCUT2D eigenvalue weighted by Crippen LogP contribution is 2.35. The normalized spacial score (nSPS) is 24.1. The van der Waals surface area contributed by atoms with E-state index in [-0.39, 0.29) is 5.54 Å². The highest BCUT2D eigenvalue weighted by molar-refractivity contribution is 7.05.